The van der Waals surface area contributed by atoms with E-state index in [2.05, 4.69) is 20.2 Å². The second-order valence-electron chi connectivity index (χ2n) is 5.20. The van der Waals surface area contributed by atoms with Crippen LogP contribution in [0.4, 0.5) is 5.82 Å². The fourth-order valence-corrected chi connectivity index (χ4v) is 3.33. The van der Waals surface area contributed by atoms with Crippen molar-refractivity contribution in [2.24, 2.45) is 0 Å². The first-order chi connectivity index (χ1) is 10.7. The van der Waals surface area contributed by atoms with Crippen molar-refractivity contribution in [3.05, 3.63) is 34.3 Å². The number of hydrogen-bond acceptors (Lipinski definition) is 6. The zero-order chi connectivity index (χ0) is 15.5. The molecule has 3 rings (SSSR count). The Morgan fingerprint density at radius 1 is 1.41 bits per heavy atom. The van der Waals surface area contributed by atoms with Gasteiger partial charge in [0.15, 0.2) is 5.82 Å². The summed E-state index contributed by atoms with van der Waals surface area (Å²) in [5.41, 5.74) is 0. The fourth-order valence-electron chi connectivity index (χ4n) is 2.56. The topological polar surface area (TPSA) is 67.4 Å². The molecule has 3 heterocycles. The van der Waals surface area contributed by atoms with E-state index in [1.165, 1.54) is 11.3 Å². The highest BCUT2D eigenvalue weighted by Crippen LogP contribution is 2.26. The molecule has 2 aromatic rings. The van der Waals surface area contributed by atoms with E-state index < -0.39 is 0 Å². The minimum atomic E-state index is -0.00365. The van der Waals surface area contributed by atoms with Crippen LogP contribution >= 0.6 is 11.3 Å². The number of nitrogens with zero attached hydrogens (tertiary/aromatic N) is 3. The van der Waals surface area contributed by atoms with Crippen molar-refractivity contribution in [1.29, 1.82) is 0 Å². The van der Waals surface area contributed by atoms with E-state index in [1.807, 2.05) is 19.1 Å². The molecule has 0 aliphatic carbocycles. The summed E-state index contributed by atoms with van der Waals surface area (Å²) in [4.78, 5) is 24.7. The molecule has 0 spiro atoms. The Balaban J connectivity index is 1.64. The first-order valence-electron chi connectivity index (χ1n) is 7.14. The van der Waals surface area contributed by atoms with Gasteiger partial charge in [0.2, 0.25) is 0 Å². The number of amides is 1. The summed E-state index contributed by atoms with van der Waals surface area (Å²) in [6.07, 6.45) is 4.14. The Bertz CT molecular complexity index is 673. The molecule has 1 aliphatic heterocycles. The summed E-state index contributed by atoms with van der Waals surface area (Å²) in [6.45, 7) is 3.54. The summed E-state index contributed by atoms with van der Waals surface area (Å²) >= 11 is 1.51. The Morgan fingerprint density at radius 2 is 2.23 bits per heavy atom. The summed E-state index contributed by atoms with van der Waals surface area (Å²) in [5.74, 6) is 1.24. The van der Waals surface area contributed by atoms with E-state index in [-0.39, 0.29) is 11.9 Å². The number of hydrogen-bond donors (Lipinski definition) is 1. The maximum Gasteiger partial charge on any atom is 0.261 e. The molecular weight excluding hydrogens is 300 g/mol. The van der Waals surface area contributed by atoms with E-state index >= 15 is 0 Å². The Morgan fingerprint density at radius 3 is 2.95 bits per heavy atom. The molecule has 1 saturated heterocycles. The van der Waals surface area contributed by atoms with Crippen LogP contribution in [0.25, 0.3) is 0 Å². The largest absolute Gasteiger partial charge is 0.478 e. The molecule has 0 radical (unpaired) electrons. The third-order valence-electron chi connectivity index (χ3n) is 3.63. The van der Waals surface area contributed by atoms with Gasteiger partial charge in [-0.3, -0.25) is 4.79 Å². The van der Waals surface area contributed by atoms with Crippen molar-refractivity contribution in [1.82, 2.24) is 15.3 Å². The number of rotatable bonds is 4. The highest BCUT2D eigenvalue weighted by atomic mass is 32.1. The lowest BCUT2D eigenvalue weighted by Crippen LogP contribution is -2.37. The number of anilines is 1. The molecule has 2 aromatic heterocycles. The van der Waals surface area contributed by atoms with Crippen LogP contribution in [0.15, 0.2) is 24.5 Å². The predicted octanol–water partition coefficient (Wildman–Crippen LogP) is 1.86. The molecular formula is C15H18N4O2S. The molecule has 1 amide bonds. The SMILES string of the molecule is COc1nccnc1N1CCC(NC(=O)c2ccc(C)s2)C1. The molecule has 1 unspecified atom stereocenters. The van der Waals surface area contributed by atoms with Gasteiger partial charge in [0, 0.05) is 36.4 Å². The minimum Gasteiger partial charge on any atom is -0.478 e. The molecule has 6 nitrogen and oxygen atoms in total. The molecule has 22 heavy (non-hydrogen) atoms. The lowest BCUT2D eigenvalue weighted by Gasteiger charge is -2.19. The molecule has 7 heteroatoms. The predicted molar refractivity (Wildman–Crippen MR) is 85.7 cm³/mol. The van der Waals surface area contributed by atoms with Crippen LogP contribution in [0.3, 0.4) is 0 Å². The highest BCUT2D eigenvalue weighted by Gasteiger charge is 2.27. The zero-order valence-electron chi connectivity index (χ0n) is 12.6. The number of aromatic nitrogens is 2. The van der Waals surface area contributed by atoms with Crippen molar-refractivity contribution >= 4 is 23.1 Å². The van der Waals surface area contributed by atoms with Gasteiger partial charge in [-0.05, 0) is 25.5 Å². The number of aryl methyl sites for hydroxylation is 1. The van der Waals surface area contributed by atoms with E-state index in [1.54, 1.807) is 19.5 Å². The number of methoxy groups -OCH3 is 1. The van der Waals surface area contributed by atoms with Crippen LogP contribution < -0.4 is 15.0 Å². The number of nitrogens with one attached hydrogen (secondary N) is 1. The molecule has 0 saturated carbocycles. The van der Waals surface area contributed by atoms with Gasteiger partial charge < -0.3 is 15.0 Å². The van der Waals surface area contributed by atoms with Crippen LogP contribution in [0.2, 0.25) is 0 Å². The molecule has 1 N–H and O–H groups in total. The Kier molecular flexibility index (Phi) is 4.24. The monoisotopic (exact) mass is 318 g/mol. The van der Waals surface area contributed by atoms with E-state index in [4.69, 9.17) is 4.74 Å². The maximum absolute atomic E-state index is 12.2. The first kappa shape index (κ1) is 14.8. The smallest absolute Gasteiger partial charge is 0.261 e. The lowest BCUT2D eigenvalue weighted by molar-refractivity contribution is 0.0944. The van der Waals surface area contributed by atoms with Gasteiger partial charge >= 0.3 is 0 Å². The van der Waals surface area contributed by atoms with Gasteiger partial charge in [-0.1, -0.05) is 0 Å². The first-order valence-corrected chi connectivity index (χ1v) is 7.96. The third-order valence-corrected chi connectivity index (χ3v) is 4.63. The van der Waals surface area contributed by atoms with Crippen molar-refractivity contribution in [2.75, 3.05) is 25.1 Å². The maximum atomic E-state index is 12.2. The van der Waals surface area contributed by atoms with Gasteiger partial charge in [0.25, 0.3) is 11.8 Å². The fraction of sp³-hybridized carbons (Fsp3) is 0.400. The van der Waals surface area contributed by atoms with Crippen molar-refractivity contribution in [2.45, 2.75) is 19.4 Å². The number of thiophene rings is 1. The zero-order valence-corrected chi connectivity index (χ0v) is 13.4. The Labute approximate surface area is 133 Å². The van der Waals surface area contributed by atoms with Crippen LogP contribution in [0.1, 0.15) is 21.0 Å². The molecule has 0 bridgehead atoms. The number of carbonyl (C=O) groups excluding carboxylic acids is 1. The second kappa shape index (κ2) is 6.31. The van der Waals surface area contributed by atoms with Gasteiger partial charge in [0.05, 0.1) is 12.0 Å². The number of carbonyl (C=O) groups is 1. The van der Waals surface area contributed by atoms with Crippen molar-refractivity contribution in [3.63, 3.8) is 0 Å². The molecule has 116 valence electrons. The standard InChI is InChI=1S/C15H18N4O2S/c1-10-3-4-12(22-10)14(20)18-11-5-8-19(9-11)13-15(21-2)17-7-6-16-13/h3-4,6-7,11H,5,8-9H2,1-2H3,(H,18,20). The summed E-state index contributed by atoms with van der Waals surface area (Å²) in [5, 5.41) is 3.09. The van der Waals surface area contributed by atoms with Gasteiger partial charge in [-0.2, -0.15) is 0 Å². The molecule has 1 aliphatic rings. The van der Waals surface area contributed by atoms with Gasteiger partial charge in [-0.15, -0.1) is 11.3 Å². The lowest BCUT2D eigenvalue weighted by atomic mass is 10.2. The van der Waals surface area contributed by atoms with E-state index in [0.29, 0.717) is 12.4 Å². The normalized spacial score (nSPS) is 17.5. The second-order valence-corrected chi connectivity index (χ2v) is 6.49. The summed E-state index contributed by atoms with van der Waals surface area (Å²) in [7, 11) is 1.59. The van der Waals surface area contributed by atoms with E-state index in [0.717, 1.165) is 28.5 Å². The van der Waals surface area contributed by atoms with Gasteiger partial charge in [-0.25, -0.2) is 9.97 Å². The molecule has 1 fully saturated rings. The minimum absolute atomic E-state index is 0.00365. The van der Waals surface area contributed by atoms with E-state index in [9.17, 15) is 4.79 Å². The number of ether oxygens (including phenoxy) is 1. The Hall–Kier alpha value is -2.15. The average molecular weight is 318 g/mol. The van der Waals surface area contributed by atoms with Crippen LogP contribution in [-0.2, 0) is 0 Å². The quantitative estimate of drug-likeness (QED) is 0.932. The third kappa shape index (κ3) is 3.04. The van der Waals surface area contributed by atoms with Crippen molar-refractivity contribution in [3.8, 4) is 5.88 Å². The highest BCUT2D eigenvalue weighted by molar-refractivity contribution is 7.13. The molecule has 0 aromatic carbocycles. The van der Waals surface area contributed by atoms with Crippen LogP contribution in [0.5, 0.6) is 5.88 Å². The molecule has 1 atom stereocenters. The van der Waals surface area contributed by atoms with Crippen molar-refractivity contribution < 1.29 is 9.53 Å². The summed E-state index contributed by atoms with van der Waals surface area (Å²) in [6, 6.07) is 3.94. The van der Waals surface area contributed by atoms with Crippen LogP contribution in [0, 0.1) is 6.92 Å². The van der Waals surface area contributed by atoms with Crippen LogP contribution in [-0.4, -0.2) is 42.1 Å². The average Bonchev–Trinajstić information content (AvgIpc) is 3.16. The van der Waals surface area contributed by atoms with Gasteiger partial charge in [0.1, 0.15) is 0 Å². The summed E-state index contributed by atoms with van der Waals surface area (Å²) < 4.78 is 5.25.